The molecule has 0 saturated heterocycles. The van der Waals surface area contributed by atoms with Crippen molar-refractivity contribution in [3.63, 3.8) is 0 Å². The maximum absolute atomic E-state index is 12.4. The van der Waals surface area contributed by atoms with E-state index in [2.05, 4.69) is 26.0 Å². The van der Waals surface area contributed by atoms with Gasteiger partial charge in [-0.15, -0.1) is 0 Å². The van der Waals surface area contributed by atoms with Gasteiger partial charge in [-0.2, -0.15) is 10.5 Å². The maximum Gasteiger partial charge on any atom is 0.337 e. The van der Waals surface area contributed by atoms with Crippen molar-refractivity contribution in [3.05, 3.63) is 63.6 Å². The number of benzene rings is 2. The molecule has 8 heteroatoms. The number of rotatable bonds is 6. The summed E-state index contributed by atoms with van der Waals surface area (Å²) >= 11 is 3.32. The second kappa shape index (κ2) is 9.91. The Bertz CT molecular complexity index is 1000. The van der Waals surface area contributed by atoms with Gasteiger partial charge < -0.3 is 14.8 Å². The van der Waals surface area contributed by atoms with Crippen LogP contribution in [0.4, 0.5) is 5.69 Å². The van der Waals surface area contributed by atoms with E-state index in [-0.39, 0.29) is 12.2 Å². The number of esters is 1. The normalized spacial score (nSPS) is 10.4. The molecule has 2 aromatic carbocycles. The van der Waals surface area contributed by atoms with Crippen molar-refractivity contribution in [1.82, 2.24) is 0 Å². The third-order valence-electron chi connectivity index (χ3n) is 3.49. The van der Waals surface area contributed by atoms with Crippen LogP contribution in [0.3, 0.4) is 0 Å². The predicted molar refractivity (Wildman–Crippen MR) is 105 cm³/mol. The van der Waals surface area contributed by atoms with E-state index in [0.717, 1.165) is 4.47 Å². The Kier molecular flexibility index (Phi) is 7.32. The molecule has 28 heavy (non-hydrogen) atoms. The Morgan fingerprint density at radius 2 is 1.89 bits per heavy atom. The molecule has 7 nitrogen and oxygen atoms in total. The summed E-state index contributed by atoms with van der Waals surface area (Å²) < 4.78 is 10.7. The van der Waals surface area contributed by atoms with Gasteiger partial charge in [0, 0.05) is 15.7 Å². The molecule has 0 atom stereocenters. The molecule has 0 radical (unpaired) electrons. The van der Waals surface area contributed by atoms with Gasteiger partial charge in [-0.3, -0.25) is 4.79 Å². The molecule has 0 aromatic heterocycles. The number of hydrogen-bond acceptors (Lipinski definition) is 6. The molecule has 0 bridgehead atoms. The number of carbonyl (C=O) groups excluding carboxylic acids is 2. The number of hydrogen-bond donors (Lipinski definition) is 1. The molecular formula is C20H14BrN3O4. The van der Waals surface area contributed by atoms with E-state index in [0.29, 0.717) is 22.6 Å². The average molecular weight is 440 g/mol. The van der Waals surface area contributed by atoms with Crippen molar-refractivity contribution < 1.29 is 19.1 Å². The highest BCUT2D eigenvalue weighted by atomic mass is 79.9. The molecule has 0 aliphatic heterocycles. The van der Waals surface area contributed by atoms with Gasteiger partial charge in [0.05, 0.1) is 12.7 Å². The minimum Gasteiger partial charge on any atom is -0.478 e. The lowest BCUT2D eigenvalue weighted by Crippen LogP contribution is -2.13. The molecule has 0 aliphatic rings. The lowest BCUT2D eigenvalue weighted by atomic mass is 10.1. The summed E-state index contributed by atoms with van der Waals surface area (Å²) in [7, 11) is 1.28. The van der Waals surface area contributed by atoms with Crippen LogP contribution in [0.15, 0.2) is 52.5 Å². The van der Waals surface area contributed by atoms with Crippen LogP contribution < -0.4 is 10.1 Å². The molecule has 0 saturated carbocycles. The first-order valence-electron chi connectivity index (χ1n) is 7.89. The third-order valence-corrected chi connectivity index (χ3v) is 3.99. The molecule has 2 aromatic rings. The zero-order valence-electron chi connectivity index (χ0n) is 14.7. The first-order valence-corrected chi connectivity index (χ1v) is 8.68. The summed E-state index contributed by atoms with van der Waals surface area (Å²) in [4.78, 5) is 23.9. The fourth-order valence-electron chi connectivity index (χ4n) is 2.18. The summed E-state index contributed by atoms with van der Waals surface area (Å²) in [5.74, 6) is -0.748. The minimum absolute atomic E-state index is 0.156. The number of ether oxygens (including phenoxy) is 2. The van der Waals surface area contributed by atoms with Crippen molar-refractivity contribution in [2.24, 2.45) is 0 Å². The highest BCUT2D eigenvalue weighted by molar-refractivity contribution is 9.10. The van der Waals surface area contributed by atoms with Crippen molar-refractivity contribution in [1.29, 1.82) is 10.5 Å². The summed E-state index contributed by atoms with van der Waals surface area (Å²) in [6, 6.07) is 14.8. The SMILES string of the molecule is COC(=O)c1ccc(NC(=O)/C(C#N)=C/c2cc(Br)ccc2OCC#N)cc1. The monoisotopic (exact) mass is 439 g/mol. The van der Waals surface area contributed by atoms with Crippen LogP contribution in [-0.2, 0) is 9.53 Å². The van der Waals surface area contributed by atoms with Gasteiger partial charge in [0.1, 0.15) is 23.5 Å². The predicted octanol–water partition coefficient (Wildman–Crippen LogP) is 3.68. The summed E-state index contributed by atoms with van der Waals surface area (Å²) in [6.07, 6.45) is 1.37. The Balaban J connectivity index is 2.24. The number of amides is 1. The number of nitrogens with zero attached hydrogens (tertiary/aromatic N) is 2. The molecule has 1 amide bonds. The number of nitrogens with one attached hydrogen (secondary N) is 1. The Morgan fingerprint density at radius 1 is 1.18 bits per heavy atom. The van der Waals surface area contributed by atoms with E-state index >= 15 is 0 Å². The van der Waals surface area contributed by atoms with E-state index in [9.17, 15) is 14.9 Å². The fourth-order valence-corrected chi connectivity index (χ4v) is 2.56. The van der Waals surface area contributed by atoms with E-state index in [1.54, 1.807) is 18.2 Å². The molecular weight excluding hydrogens is 426 g/mol. The first kappa shape index (κ1) is 20.7. The van der Waals surface area contributed by atoms with Gasteiger partial charge in [-0.25, -0.2) is 4.79 Å². The molecule has 0 fully saturated rings. The quantitative estimate of drug-likeness (QED) is 0.417. The molecule has 0 heterocycles. The van der Waals surface area contributed by atoms with Crippen molar-refractivity contribution >= 4 is 39.6 Å². The number of halogens is 1. The van der Waals surface area contributed by atoms with Gasteiger partial charge in [0.25, 0.3) is 5.91 Å². The van der Waals surface area contributed by atoms with Gasteiger partial charge in [0.2, 0.25) is 0 Å². The number of methoxy groups -OCH3 is 1. The van der Waals surface area contributed by atoms with Crippen LogP contribution in [0.2, 0.25) is 0 Å². The number of anilines is 1. The van der Waals surface area contributed by atoms with Crippen LogP contribution >= 0.6 is 15.9 Å². The average Bonchev–Trinajstić information content (AvgIpc) is 2.71. The van der Waals surface area contributed by atoms with Crippen LogP contribution in [0, 0.1) is 22.7 Å². The number of nitriles is 2. The highest BCUT2D eigenvalue weighted by Gasteiger charge is 2.13. The van der Waals surface area contributed by atoms with Gasteiger partial charge >= 0.3 is 5.97 Å². The smallest absolute Gasteiger partial charge is 0.337 e. The molecule has 0 aliphatic carbocycles. The molecule has 140 valence electrons. The number of carbonyl (C=O) groups is 2. The second-order valence-electron chi connectivity index (χ2n) is 5.32. The Hall–Kier alpha value is -3.62. The van der Waals surface area contributed by atoms with Crippen molar-refractivity contribution in [3.8, 4) is 17.9 Å². The molecule has 1 N–H and O–H groups in total. The van der Waals surface area contributed by atoms with Crippen LogP contribution in [-0.4, -0.2) is 25.6 Å². The van der Waals surface area contributed by atoms with E-state index < -0.39 is 11.9 Å². The standard InChI is InChI=1S/C20H14BrN3O4/c1-27-20(26)13-2-5-17(6-3-13)24-19(25)15(12-23)10-14-11-16(21)4-7-18(14)28-9-8-22/h2-7,10-11H,9H2,1H3,(H,24,25)/b15-10+. The van der Waals surface area contributed by atoms with Gasteiger partial charge in [-0.1, -0.05) is 15.9 Å². The largest absolute Gasteiger partial charge is 0.478 e. The van der Waals surface area contributed by atoms with Crippen LogP contribution in [0.25, 0.3) is 6.08 Å². The van der Waals surface area contributed by atoms with Crippen LogP contribution in [0.1, 0.15) is 15.9 Å². The van der Waals surface area contributed by atoms with Gasteiger partial charge in [0.15, 0.2) is 6.61 Å². The van der Waals surface area contributed by atoms with E-state index in [4.69, 9.17) is 10.00 Å². The van der Waals surface area contributed by atoms with Gasteiger partial charge in [-0.05, 0) is 48.5 Å². The zero-order valence-corrected chi connectivity index (χ0v) is 16.3. The van der Waals surface area contributed by atoms with E-state index in [1.165, 1.54) is 37.5 Å². The lowest BCUT2D eigenvalue weighted by Gasteiger charge is -2.08. The fraction of sp³-hybridized carbons (Fsp3) is 0.100. The first-order chi connectivity index (χ1) is 13.5. The summed E-state index contributed by atoms with van der Waals surface area (Å²) in [6.45, 7) is -0.164. The zero-order chi connectivity index (χ0) is 20.5. The molecule has 2 rings (SSSR count). The summed E-state index contributed by atoms with van der Waals surface area (Å²) in [5, 5.41) is 20.6. The summed E-state index contributed by atoms with van der Waals surface area (Å²) in [5.41, 5.74) is 1.06. The molecule has 0 unspecified atom stereocenters. The Morgan fingerprint density at radius 3 is 2.50 bits per heavy atom. The van der Waals surface area contributed by atoms with Crippen molar-refractivity contribution in [2.75, 3.05) is 19.0 Å². The third kappa shape index (κ3) is 5.44. The minimum atomic E-state index is -0.625. The lowest BCUT2D eigenvalue weighted by molar-refractivity contribution is -0.112. The Labute approximate surface area is 169 Å². The van der Waals surface area contributed by atoms with Crippen LogP contribution in [0.5, 0.6) is 5.75 Å². The second-order valence-corrected chi connectivity index (χ2v) is 6.24. The molecule has 0 spiro atoms. The van der Waals surface area contributed by atoms with Crippen molar-refractivity contribution in [2.45, 2.75) is 0 Å². The maximum atomic E-state index is 12.4. The topological polar surface area (TPSA) is 112 Å². The highest BCUT2D eigenvalue weighted by Crippen LogP contribution is 2.26. The van der Waals surface area contributed by atoms with E-state index in [1.807, 2.05) is 12.1 Å².